The predicted molar refractivity (Wildman–Crippen MR) is 72.0 cm³/mol. The Labute approximate surface area is 109 Å². The Morgan fingerprint density at radius 3 is 2.83 bits per heavy atom. The maximum absolute atomic E-state index is 12.3. The number of Topliss-reactive ketones (excluding diaryl/α,β-unsaturated/α-hetero) is 1. The molecule has 1 heterocycles. The van der Waals surface area contributed by atoms with E-state index in [0.29, 0.717) is 18.1 Å². The third-order valence-corrected chi connectivity index (χ3v) is 3.73. The normalized spacial score (nSPS) is 23.1. The minimum atomic E-state index is 0.148. The number of nitrogens with one attached hydrogen (secondary N) is 1. The van der Waals surface area contributed by atoms with Crippen LogP contribution < -0.4 is 10.1 Å². The van der Waals surface area contributed by atoms with Gasteiger partial charge in [0, 0.05) is 24.4 Å². The highest BCUT2D eigenvalue weighted by Crippen LogP contribution is 2.24. The molecule has 1 fully saturated rings. The van der Waals surface area contributed by atoms with Crippen LogP contribution in [0.2, 0.25) is 0 Å². The van der Waals surface area contributed by atoms with Crippen LogP contribution in [-0.2, 0) is 11.2 Å². The molecular formula is C15H21NO2. The van der Waals surface area contributed by atoms with Gasteiger partial charge in [-0.25, -0.2) is 0 Å². The van der Waals surface area contributed by atoms with E-state index in [4.69, 9.17) is 4.74 Å². The molecule has 3 heteroatoms. The summed E-state index contributed by atoms with van der Waals surface area (Å²) < 4.78 is 5.32. The van der Waals surface area contributed by atoms with E-state index < -0.39 is 0 Å². The van der Waals surface area contributed by atoms with Crippen LogP contribution in [0.1, 0.15) is 18.1 Å². The molecule has 2 unspecified atom stereocenters. The average molecular weight is 247 g/mol. The van der Waals surface area contributed by atoms with Crippen LogP contribution in [0.25, 0.3) is 0 Å². The zero-order valence-corrected chi connectivity index (χ0v) is 11.3. The predicted octanol–water partition coefficient (Wildman–Crippen LogP) is 1.97. The summed E-state index contributed by atoms with van der Waals surface area (Å²) in [5.74, 6) is 1.72. The Morgan fingerprint density at radius 1 is 1.44 bits per heavy atom. The number of benzene rings is 1. The summed E-state index contributed by atoms with van der Waals surface area (Å²) in [5.41, 5.74) is 2.16. The molecule has 0 amide bonds. The average Bonchev–Trinajstić information content (AvgIpc) is 2.76. The van der Waals surface area contributed by atoms with E-state index in [1.54, 1.807) is 7.11 Å². The van der Waals surface area contributed by atoms with Crippen molar-refractivity contribution in [3.63, 3.8) is 0 Å². The number of ketones is 1. The maximum atomic E-state index is 12.3. The van der Waals surface area contributed by atoms with Gasteiger partial charge in [0.25, 0.3) is 0 Å². The molecule has 1 aliphatic rings. The van der Waals surface area contributed by atoms with Crippen molar-refractivity contribution >= 4 is 5.78 Å². The Morgan fingerprint density at radius 2 is 2.22 bits per heavy atom. The lowest BCUT2D eigenvalue weighted by Crippen LogP contribution is -2.23. The fourth-order valence-electron chi connectivity index (χ4n) is 2.61. The molecular weight excluding hydrogens is 226 g/mol. The Bertz CT molecular complexity index is 442. The van der Waals surface area contributed by atoms with E-state index in [1.807, 2.05) is 25.1 Å². The van der Waals surface area contributed by atoms with Crippen molar-refractivity contribution < 1.29 is 9.53 Å². The van der Waals surface area contributed by atoms with Gasteiger partial charge in [-0.1, -0.05) is 24.6 Å². The fraction of sp³-hybridized carbons (Fsp3) is 0.533. The Hall–Kier alpha value is -1.35. The maximum Gasteiger partial charge on any atom is 0.142 e. The number of hydrogen-bond acceptors (Lipinski definition) is 3. The highest BCUT2D eigenvalue weighted by molar-refractivity contribution is 5.84. The lowest BCUT2D eigenvalue weighted by molar-refractivity contribution is -0.122. The molecule has 0 spiro atoms. The van der Waals surface area contributed by atoms with Gasteiger partial charge in [0.2, 0.25) is 0 Å². The second-order valence-electron chi connectivity index (χ2n) is 5.20. The van der Waals surface area contributed by atoms with Crippen molar-refractivity contribution in [1.29, 1.82) is 0 Å². The van der Waals surface area contributed by atoms with Crippen LogP contribution in [0.5, 0.6) is 5.75 Å². The summed E-state index contributed by atoms with van der Waals surface area (Å²) in [6, 6.07) is 5.99. The number of carbonyl (C=O) groups is 1. The molecule has 98 valence electrons. The van der Waals surface area contributed by atoms with Gasteiger partial charge in [-0.05, 0) is 25.5 Å². The molecule has 1 N–H and O–H groups in total. The second kappa shape index (κ2) is 5.53. The number of ether oxygens (including phenoxy) is 1. The smallest absolute Gasteiger partial charge is 0.142 e. The summed E-state index contributed by atoms with van der Waals surface area (Å²) in [6.07, 6.45) is 0.474. The lowest BCUT2D eigenvalue weighted by atomic mass is 9.89. The molecule has 1 aliphatic heterocycles. The molecule has 3 nitrogen and oxygen atoms in total. The number of methoxy groups -OCH3 is 1. The lowest BCUT2D eigenvalue weighted by Gasteiger charge is -2.14. The number of carbonyl (C=O) groups excluding carboxylic acids is 1. The quantitative estimate of drug-likeness (QED) is 0.884. The van der Waals surface area contributed by atoms with E-state index >= 15 is 0 Å². The monoisotopic (exact) mass is 247 g/mol. The zero-order valence-electron chi connectivity index (χ0n) is 11.3. The van der Waals surface area contributed by atoms with Crippen LogP contribution in [-0.4, -0.2) is 26.0 Å². The third-order valence-electron chi connectivity index (χ3n) is 3.73. The first kappa shape index (κ1) is 13.1. The van der Waals surface area contributed by atoms with Crippen molar-refractivity contribution in [3.05, 3.63) is 29.3 Å². The van der Waals surface area contributed by atoms with Gasteiger partial charge in [0.05, 0.1) is 7.11 Å². The molecule has 18 heavy (non-hydrogen) atoms. The van der Waals surface area contributed by atoms with Crippen molar-refractivity contribution in [2.45, 2.75) is 20.3 Å². The third kappa shape index (κ3) is 2.72. The second-order valence-corrected chi connectivity index (χ2v) is 5.20. The number of hydrogen-bond donors (Lipinski definition) is 1. The van der Waals surface area contributed by atoms with E-state index in [9.17, 15) is 4.79 Å². The SMILES string of the molecule is COc1ccc(C)cc1CC(=O)C1CNCC1C. The molecule has 1 saturated heterocycles. The molecule has 0 radical (unpaired) electrons. The van der Waals surface area contributed by atoms with Gasteiger partial charge >= 0.3 is 0 Å². The summed E-state index contributed by atoms with van der Waals surface area (Å²) in [5, 5.41) is 3.28. The highest BCUT2D eigenvalue weighted by atomic mass is 16.5. The number of aryl methyl sites for hydroxylation is 1. The van der Waals surface area contributed by atoms with Gasteiger partial charge < -0.3 is 10.1 Å². The standard InChI is InChI=1S/C15H21NO2/c1-10-4-5-15(18-3)12(6-10)7-14(17)13-9-16-8-11(13)2/h4-6,11,13,16H,7-9H2,1-3H3. The molecule has 0 bridgehead atoms. The minimum absolute atomic E-state index is 0.148. The van der Waals surface area contributed by atoms with Crippen LogP contribution in [0.4, 0.5) is 0 Å². The topological polar surface area (TPSA) is 38.3 Å². The number of rotatable bonds is 4. The van der Waals surface area contributed by atoms with Crippen molar-refractivity contribution in [1.82, 2.24) is 5.32 Å². The van der Waals surface area contributed by atoms with Gasteiger partial charge in [-0.2, -0.15) is 0 Å². The van der Waals surface area contributed by atoms with Gasteiger partial charge in [-0.15, -0.1) is 0 Å². The van der Waals surface area contributed by atoms with E-state index in [0.717, 1.165) is 30.0 Å². The molecule has 0 aliphatic carbocycles. The summed E-state index contributed by atoms with van der Waals surface area (Å²) >= 11 is 0. The van der Waals surface area contributed by atoms with Crippen LogP contribution in [0.3, 0.4) is 0 Å². The van der Waals surface area contributed by atoms with Gasteiger partial charge in [0.15, 0.2) is 0 Å². The first-order valence-corrected chi connectivity index (χ1v) is 6.48. The van der Waals surface area contributed by atoms with Crippen LogP contribution >= 0.6 is 0 Å². The molecule has 2 rings (SSSR count). The van der Waals surface area contributed by atoms with E-state index in [2.05, 4.69) is 12.2 Å². The summed E-state index contributed by atoms with van der Waals surface area (Å²) in [4.78, 5) is 12.3. The van der Waals surface area contributed by atoms with Crippen molar-refractivity contribution in [2.24, 2.45) is 11.8 Å². The fourth-order valence-corrected chi connectivity index (χ4v) is 2.61. The van der Waals surface area contributed by atoms with E-state index in [1.165, 1.54) is 0 Å². The first-order chi connectivity index (χ1) is 8.61. The first-order valence-electron chi connectivity index (χ1n) is 6.48. The zero-order chi connectivity index (χ0) is 13.1. The largest absolute Gasteiger partial charge is 0.496 e. The molecule has 1 aromatic carbocycles. The molecule has 2 atom stereocenters. The summed E-state index contributed by atoms with van der Waals surface area (Å²) in [7, 11) is 1.65. The van der Waals surface area contributed by atoms with Gasteiger partial charge in [-0.3, -0.25) is 4.79 Å². The molecule has 0 aromatic heterocycles. The Balaban J connectivity index is 2.13. The van der Waals surface area contributed by atoms with Crippen molar-refractivity contribution in [3.8, 4) is 5.75 Å². The minimum Gasteiger partial charge on any atom is -0.496 e. The van der Waals surface area contributed by atoms with Crippen LogP contribution in [0, 0.1) is 18.8 Å². The van der Waals surface area contributed by atoms with E-state index in [-0.39, 0.29) is 5.92 Å². The Kier molecular flexibility index (Phi) is 4.02. The highest BCUT2D eigenvalue weighted by Gasteiger charge is 2.29. The molecule has 0 saturated carbocycles. The van der Waals surface area contributed by atoms with Crippen molar-refractivity contribution in [2.75, 3.05) is 20.2 Å². The van der Waals surface area contributed by atoms with Gasteiger partial charge in [0.1, 0.15) is 11.5 Å². The van der Waals surface area contributed by atoms with Crippen LogP contribution in [0.15, 0.2) is 18.2 Å². The summed E-state index contributed by atoms with van der Waals surface area (Å²) in [6.45, 7) is 5.93. The molecule has 1 aromatic rings.